The van der Waals surface area contributed by atoms with Gasteiger partial charge in [0.05, 0.1) is 19.2 Å². The third-order valence-corrected chi connectivity index (χ3v) is 4.96. The molecule has 0 aliphatic carbocycles. The quantitative estimate of drug-likeness (QED) is 0.603. The van der Waals surface area contributed by atoms with E-state index in [-0.39, 0.29) is 5.91 Å². The van der Waals surface area contributed by atoms with Gasteiger partial charge in [0, 0.05) is 24.8 Å². The second kappa shape index (κ2) is 9.56. The second-order valence-electron chi connectivity index (χ2n) is 7.15. The lowest BCUT2D eigenvalue weighted by Gasteiger charge is -2.22. The molecule has 0 spiro atoms. The maximum absolute atomic E-state index is 12.9. The van der Waals surface area contributed by atoms with Crippen molar-refractivity contribution in [3.63, 3.8) is 0 Å². The molecule has 2 heterocycles. The average molecular weight is 407 g/mol. The smallest absolute Gasteiger partial charge is 0.278 e. The molecular formula is C23H25N3O4. The van der Waals surface area contributed by atoms with Crippen molar-refractivity contribution in [1.82, 2.24) is 15.3 Å². The van der Waals surface area contributed by atoms with Crippen LogP contribution in [0.5, 0.6) is 5.75 Å². The molecule has 2 aromatic carbocycles. The third-order valence-electron chi connectivity index (χ3n) is 4.96. The van der Waals surface area contributed by atoms with Crippen LogP contribution in [-0.4, -0.2) is 35.7 Å². The first-order valence-electron chi connectivity index (χ1n) is 10.1. The van der Waals surface area contributed by atoms with Crippen LogP contribution in [-0.2, 0) is 16.1 Å². The van der Waals surface area contributed by atoms with Crippen molar-refractivity contribution in [3.8, 4) is 17.0 Å². The fourth-order valence-corrected chi connectivity index (χ4v) is 3.40. The number of hydrogen-bond donors (Lipinski definition) is 1. The average Bonchev–Trinajstić information content (AvgIpc) is 3.23. The highest BCUT2D eigenvalue weighted by Crippen LogP contribution is 2.26. The van der Waals surface area contributed by atoms with E-state index < -0.39 is 6.29 Å². The molecule has 1 amide bonds. The van der Waals surface area contributed by atoms with E-state index in [2.05, 4.69) is 10.6 Å². The van der Waals surface area contributed by atoms with Gasteiger partial charge in [-0.05, 0) is 30.5 Å². The van der Waals surface area contributed by atoms with Crippen molar-refractivity contribution in [2.24, 2.45) is 0 Å². The molecule has 1 unspecified atom stereocenters. The summed E-state index contributed by atoms with van der Waals surface area (Å²) in [5, 5.41) is 4.68. The first kappa shape index (κ1) is 20.1. The molecule has 1 saturated heterocycles. The van der Waals surface area contributed by atoms with Crippen LogP contribution >= 0.6 is 0 Å². The van der Waals surface area contributed by atoms with Crippen molar-refractivity contribution < 1.29 is 19.1 Å². The van der Waals surface area contributed by atoms with Gasteiger partial charge in [0.1, 0.15) is 11.4 Å². The van der Waals surface area contributed by atoms with Gasteiger partial charge in [0.25, 0.3) is 5.91 Å². The molecule has 1 fully saturated rings. The maximum Gasteiger partial charge on any atom is 0.278 e. The van der Waals surface area contributed by atoms with E-state index in [9.17, 15) is 4.79 Å². The van der Waals surface area contributed by atoms with Gasteiger partial charge >= 0.3 is 0 Å². The molecule has 7 heteroatoms. The lowest BCUT2D eigenvalue weighted by Crippen LogP contribution is -2.33. The number of nitrogens with zero attached hydrogens (tertiary/aromatic N) is 2. The zero-order chi connectivity index (χ0) is 20.8. The van der Waals surface area contributed by atoms with E-state index in [0.29, 0.717) is 30.2 Å². The predicted octanol–water partition coefficient (Wildman–Crippen LogP) is 3.80. The number of amides is 1. The molecule has 1 aliphatic heterocycles. The number of carbonyl (C=O) groups is 1. The van der Waals surface area contributed by atoms with Gasteiger partial charge in [-0.15, -0.1) is 0 Å². The molecule has 4 rings (SSSR count). The van der Waals surface area contributed by atoms with Crippen LogP contribution in [0.2, 0.25) is 0 Å². The Labute approximate surface area is 175 Å². The van der Waals surface area contributed by atoms with Crippen molar-refractivity contribution in [2.45, 2.75) is 32.1 Å². The van der Waals surface area contributed by atoms with Gasteiger partial charge in [-0.25, -0.2) is 10.3 Å². The summed E-state index contributed by atoms with van der Waals surface area (Å²) in [6.07, 6.45) is 4.12. The van der Waals surface area contributed by atoms with E-state index in [0.717, 1.165) is 30.4 Å². The lowest BCUT2D eigenvalue weighted by atomic mass is 10.1. The summed E-state index contributed by atoms with van der Waals surface area (Å²) in [7, 11) is 1.61. The Balaban J connectivity index is 1.59. The molecule has 1 aromatic heterocycles. The lowest BCUT2D eigenvalue weighted by molar-refractivity contribution is -0.186. The number of carbonyl (C=O) groups excluding carboxylic acids is 1. The minimum Gasteiger partial charge on any atom is -0.497 e. The largest absolute Gasteiger partial charge is 0.497 e. The van der Waals surface area contributed by atoms with E-state index in [1.165, 1.54) is 0 Å². The zero-order valence-corrected chi connectivity index (χ0v) is 16.9. The Hall–Kier alpha value is -3.16. The van der Waals surface area contributed by atoms with Gasteiger partial charge in [-0.2, -0.15) is 5.10 Å². The Morgan fingerprint density at radius 1 is 1.20 bits per heavy atom. The molecule has 1 atom stereocenters. The summed E-state index contributed by atoms with van der Waals surface area (Å²) in [5.41, 5.74) is 5.41. The van der Waals surface area contributed by atoms with Gasteiger partial charge in [-0.1, -0.05) is 42.5 Å². The summed E-state index contributed by atoms with van der Waals surface area (Å²) in [6, 6.07) is 17.5. The topological polar surface area (TPSA) is 74.6 Å². The van der Waals surface area contributed by atoms with Crippen LogP contribution < -0.4 is 10.2 Å². The van der Waals surface area contributed by atoms with Gasteiger partial charge in [0.2, 0.25) is 0 Å². The first-order valence-corrected chi connectivity index (χ1v) is 10.1. The number of aromatic nitrogens is 2. The number of nitrogens with one attached hydrogen (secondary N) is 1. The first-order chi connectivity index (χ1) is 14.7. The summed E-state index contributed by atoms with van der Waals surface area (Å²) >= 11 is 0. The van der Waals surface area contributed by atoms with Crippen LogP contribution in [0.15, 0.2) is 60.8 Å². The van der Waals surface area contributed by atoms with Crippen LogP contribution in [0.3, 0.4) is 0 Å². The Morgan fingerprint density at radius 2 is 2.07 bits per heavy atom. The molecule has 156 valence electrons. The molecule has 0 radical (unpaired) electrons. The van der Waals surface area contributed by atoms with Crippen molar-refractivity contribution in [2.75, 3.05) is 13.7 Å². The summed E-state index contributed by atoms with van der Waals surface area (Å²) < 4.78 is 12.6. The zero-order valence-electron chi connectivity index (χ0n) is 16.9. The number of ether oxygens (including phenoxy) is 2. The standard InChI is InChI=1S/C23H25N3O4/c1-28-19-11-7-10-18(14-19)22-20(23(27)25-30-21-12-5-6-13-29-21)16-26(24-22)15-17-8-3-2-4-9-17/h2-4,7-11,14,16,21H,5-6,12-13,15H2,1H3,(H,25,27). The van der Waals surface area contributed by atoms with E-state index in [4.69, 9.17) is 14.3 Å². The van der Waals surface area contributed by atoms with Crippen LogP contribution in [0.25, 0.3) is 11.3 Å². The minimum atomic E-state index is -0.415. The molecule has 30 heavy (non-hydrogen) atoms. The Kier molecular flexibility index (Phi) is 6.41. The van der Waals surface area contributed by atoms with Gasteiger partial charge in [-0.3, -0.25) is 9.48 Å². The fraction of sp³-hybridized carbons (Fsp3) is 0.304. The Bertz CT molecular complexity index is 981. The monoisotopic (exact) mass is 407 g/mol. The van der Waals surface area contributed by atoms with Crippen LogP contribution in [0.1, 0.15) is 35.2 Å². The highest BCUT2D eigenvalue weighted by Gasteiger charge is 2.21. The molecule has 1 aliphatic rings. The van der Waals surface area contributed by atoms with E-state index in [1.54, 1.807) is 18.0 Å². The van der Waals surface area contributed by atoms with Crippen molar-refractivity contribution in [1.29, 1.82) is 0 Å². The highest BCUT2D eigenvalue weighted by molar-refractivity contribution is 5.99. The van der Waals surface area contributed by atoms with Gasteiger partial charge in [0.15, 0.2) is 6.29 Å². The van der Waals surface area contributed by atoms with Gasteiger partial charge < -0.3 is 9.47 Å². The fourth-order valence-electron chi connectivity index (χ4n) is 3.40. The Morgan fingerprint density at radius 3 is 2.83 bits per heavy atom. The summed E-state index contributed by atoms with van der Waals surface area (Å²) in [4.78, 5) is 18.4. The molecule has 3 aromatic rings. The summed E-state index contributed by atoms with van der Waals surface area (Å²) in [5.74, 6) is 0.338. The van der Waals surface area contributed by atoms with Crippen LogP contribution in [0.4, 0.5) is 0 Å². The SMILES string of the molecule is COc1cccc(-c2nn(Cc3ccccc3)cc2C(=O)NOC2CCCCO2)c1. The minimum absolute atomic E-state index is 0.360. The number of hydrogen-bond acceptors (Lipinski definition) is 5. The number of methoxy groups -OCH3 is 1. The molecule has 0 bridgehead atoms. The van der Waals surface area contributed by atoms with E-state index >= 15 is 0 Å². The molecule has 0 saturated carbocycles. The second-order valence-corrected chi connectivity index (χ2v) is 7.15. The summed E-state index contributed by atoms with van der Waals surface area (Å²) in [6.45, 7) is 1.20. The van der Waals surface area contributed by atoms with Crippen molar-refractivity contribution >= 4 is 5.91 Å². The van der Waals surface area contributed by atoms with E-state index in [1.807, 2.05) is 54.6 Å². The normalized spacial score (nSPS) is 16.2. The third kappa shape index (κ3) is 4.87. The number of benzene rings is 2. The van der Waals surface area contributed by atoms with Crippen molar-refractivity contribution in [3.05, 3.63) is 71.9 Å². The molecule has 1 N–H and O–H groups in total. The predicted molar refractivity (Wildman–Crippen MR) is 112 cm³/mol. The maximum atomic E-state index is 12.9. The highest BCUT2D eigenvalue weighted by atomic mass is 16.8. The van der Waals surface area contributed by atoms with Crippen LogP contribution in [0, 0.1) is 0 Å². The molecular weight excluding hydrogens is 382 g/mol. The number of rotatable bonds is 7. The molecule has 7 nitrogen and oxygen atoms in total. The number of hydroxylamine groups is 1.